The summed E-state index contributed by atoms with van der Waals surface area (Å²) in [5.74, 6) is -1.30. The number of H-pyrrole nitrogens is 1. The maximum absolute atomic E-state index is 13.9. The number of hydrogen-bond acceptors (Lipinski definition) is 2. The van der Waals surface area contributed by atoms with E-state index in [-0.39, 0.29) is 30.5 Å². The van der Waals surface area contributed by atoms with Crippen LogP contribution in [0.5, 0.6) is 0 Å². The fourth-order valence-electron chi connectivity index (χ4n) is 3.59. The van der Waals surface area contributed by atoms with E-state index >= 15 is 0 Å². The molecule has 27 heavy (non-hydrogen) atoms. The van der Waals surface area contributed by atoms with E-state index in [0.29, 0.717) is 13.0 Å². The van der Waals surface area contributed by atoms with Crippen LogP contribution in [0.25, 0.3) is 10.9 Å². The lowest BCUT2D eigenvalue weighted by atomic mass is 10.1. The summed E-state index contributed by atoms with van der Waals surface area (Å²) < 4.78 is 13.9. The lowest BCUT2D eigenvalue weighted by Gasteiger charge is -2.17. The number of fused-ring (bicyclic) bond motifs is 1. The van der Waals surface area contributed by atoms with Crippen LogP contribution < -0.4 is 10.2 Å². The zero-order valence-corrected chi connectivity index (χ0v) is 14.7. The van der Waals surface area contributed by atoms with Crippen LogP contribution in [-0.4, -0.2) is 29.9 Å². The van der Waals surface area contributed by atoms with Gasteiger partial charge in [0.25, 0.3) is 0 Å². The molecule has 2 heterocycles. The Kier molecular flexibility index (Phi) is 4.62. The maximum atomic E-state index is 13.9. The normalized spacial score (nSPS) is 16.9. The summed E-state index contributed by atoms with van der Waals surface area (Å²) in [7, 11) is 0. The smallest absolute Gasteiger partial charge is 0.227 e. The van der Waals surface area contributed by atoms with Gasteiger partial charge < -0.3 is 15.2 Å². The van der Waals surface area contributed by atoms with E-state index in [2.05, 4.69) is 10.3 Å². The molecule has 0 aliphatic carbocycles. The van der Waals surface area contributed by atoms with Crippen molar-refractivity contribution in [2.24, 2.45) is 5.92 Å². The van der Waals surface area contributed by atoms with Crippen molar-refractivity contribution < 1.29 is 14.0 Å². The van der Waals surface area contributed by atoms with Gasteiger partial charge >= 0.3 is 0 Å². The number of nitrogens with one attached hydrogen (secondary N) is 2. The van der Waals surface area contributed by atoms with E-state index in [1.165, 1.54) is 11.0 Å². The highest BCUT2D eigenvalue weighted by molar-refractivity contribution is 6.00. The Balaban J connectivity index is 1.35. The van der Waals surface area contributed by atoms with Crippen LogP contribution in [0.15, 0.2) is 54.7 Å². The van der Waals surface area contributed by atoms with Crippen molar-refractivity contribution in [2.45, 2.75) is 12.8 Å². The first-order valence-electron chi connectivity index (χ1n) is 9.01. The largest absolute Gasteiger partial charge is 0.361 e. The molecule has 1 aromatic heterocycles. The Hall–Kier alpha value is -3.15. The average molecular weight is 365 g/mol. The number of carbonyl (C=O) groups excluding carboxylic acids is 2. The van der Waals surface area contributed by atoms with Gasteiger partial charge in [-0.1, -0.05) is 30.3 Å². The van der Waals surface area contributed by atoms with Crippen LogP contribution in [0, 0.1) is 11.7 Å². The van der Waals surface area contributed by atoms with Gasteiger partial charge in [-0.05, 0) is 30.2 Å². The molecule has 5 nitrogen and oxygen atoms in total. The summed E-state index contributed by atoms with van der Waals surface area (Å²) in [5, 5.41) is 4.06. The van der Waals surface area contributed by atoms with Gasteiger partial charge in [-0.2, -0.15) is 0 Å². The molecule has 1 aliphatic heterocycles. The number of carbonyl (C=O) groups is 2. The summed E-state index contributed by atoms with van der Waals surface area (Å²) in [6.45, 7) is 0.698. The lowest BCUT2D eigenvalue weighted by molar-refractivity contribution is -0.126. The first-order valence-corrected chi connectivity index (χ1v) is 9.01. The zero-order valence-electron chi connectivity index (χ0n) is 14.7. The van der Waals surface area contributed by atoms with Crippen LogP contribution in [-0.2, 0) is 16.0 Å². The summed E-state index contributed by atoms with van der Waals surface area (Å²) in [6.07, 6.45) is 2.76. The molecule has 0 saturated carbocycles. The van der Waals surface area contributed by atoms with E-state index in [0.717, 1.165) is 16.5 Å². The van der Waals surface area contributed by atoms with Crippen molar-refractivity contribution in [2.75, 3.05) is 18.0 Å². The molecular formula is C21H20FN3O2. The summed E-state index contributed by atoms with van der Waals surface area (Å²) in [5.41, 5.74) is 2.44. The van der Waals surface area contributed by atoms with Crippen LogP contribution >= 0.6 is 0 Å². The molecule has 1 unspecified atom stereocenters. The van der Waals surface area contributed by atoms with Gasteiger partial charge in [0.1, 0.15) is 5.82 Å². The molecular weight excluding hydrogens is 345 g/mol. The van der Waals surface area contributed by atoms with Gasteiger partial charge in [-0.15, -0.1) is 0 Å². The number of aromatic nitrogens is 1. The van der Waals surface area contributed by atoms with E-state index in [1.807, 2.05) is 30.5 Å². The fraction of sp³-hybridized carbons (Fsp3) is 0.238. The van der Waals surface area contributed by atoms with Crippen molar-refractivity contribution in [3.8, 4) is 0 Å². The minimum atomic E-state index is -0.458. The number of amides is 2. The van der Waals surface area contributed by atoms with E-state index in [9.17, 15) is 14.0 Å². The number of hydrogen-bond donors (Lipinski definition) is 2. The maximum Gasteiger partial charge on any atom is 0.227 e. The number of para-hydroxylation sites is 2. The Morgan fingerprint density at radius 3 is 2.81 bits per heavy atom. The van der Waals surface area contributed by atoms with Gasteiger partial charge in [0, 0.05) is 36.6 Å². The lowest BCUT2D eigenvalue weighted by Crippen LogP contribution is -2.34. The molecule has 1 atom stereocenters. The second-order valence-electron chi connectivity index (χ2n) is 6.76. The predicted molar refractivity (Wildman–Crippen MR) is 102 cm³/mol. The average Bonchev–Trinajstić information content (AvgIpc) is 3.26. The first kappa shape index (κ1) is 17.3. The second-order valence-corrected chi connectivity index (χ2v) is 6.76. The zero-order chi connectivity index (χ0) is 18.8. The number of benzene rings is 2. The molecule has 2 aromatic carbocycles. The molecule has 3 aromatic rings. The van der Waals surface area contributed by atoms with Crippen molar-refractivity contribution >= 4 is 28.4 Å². The molecule has 2 N–H and O–H groups in total. The summed E-state index contributed by atoms with van der Waals surface area (Å²) in [6, 6.07) is 14.2. The molecule has 1 fully saturated rings. The third kappa shape index (κ3) is 3.43. The molecule has 1 saturated heterocycles. The standard InChI is InChI=1S/C21H20FN3O2/c22-17-6-2-4-8-19(17)25-13-15(11-20(25)26)21(27)23-10-9-14-12-24-18-7-3-1-5-16(14)18/h1-8,12,15,24H,9-11,13H2,(H,23,27). The van der Waals surface area contributed by atoms with Gasteiger partial charge in [0.05, 0.1) is 11.6 Å². The molecule has 0 spiro atoms. The number of anilines is 1. The molecule has 6 heteroatoms. The van der Waals surface area contributed by atoms with Crippen LogP contribution in [0.2, 0.25) is 0 Å². The van der Waals surface area contributed by atoms with E-state index in [1.54, 1.807) is 18.2 Å². The highest BCUT2D eigenvalue weighted by atomic mass is 19.1. The molecule has 138 valence electrons. The SMILES string of the molecule is O=C(NCCc1c[nH]c2ccccc12)C1CC(=O)N(c2ccccc2F)C1. The number of aromatic amines is 1. The van der Waals surface area contributed by atoms with Crippen LogP contribution in [0.4, 0.5) is 10.1 Å². The Bertz CT molecular complexity index is 998. The Labute approximate surface area is 156 Å². The third-order valence-electron chi connectivity index (χ3n) is 5.01. The Morgan fingerprint density at radius 1 is 1.19 bits per heavy atom. The first-order chi connectivity index (χ1) is 13.1. The van der Waals surface area contributed by atoms with Crippen molar-refractivity contribution in [3.63, 3.8) is 0 Å². The van der Waals surface area contributed by atoms with Crippen molar-refractivity contribution in [1.29, 1.82) is 0 Å². The summed E-state index contributed by atoms with van der Waals surface area (Å²) in [4.78, 5) is 29.3. The topological polar surface area (TPSA) is 65.2 Å². The highest BCUT2D eigenvalue weighted by Crippen LogP contribution is 2.27. The van der Waals surface area contributed by atoms with Crippen molar-refractivity contribution in [3.05, 3.63) is 66.1 Å². The predicted octanol–water partition coefficient (Wildman–Crippen LogP) is 3.02. The summed E-state index contributed by atoms with van der Waals surface area (Å²) >= 11 is 0. The molecule has 4 rings (SSSR count). The van der Waals surface area contributed by atoms with Crippen molar-refractivity contribution in [1.82, 2.24) is 10.3 Å². The molecule has 2 amide bonds. The number of rotatable bonds is 5. The quantitative estimate of drug-likeness (QED) is 0.730. The van der Waals surface area contributed by atoms with Gasteiger partial charge in [-0.25, -0.2) is 4.39 Å². The van der Waals surface area contributed by atoms with E-state index < -0.39 is 11.7 Å². The minimum absolute atomic E-state index is 0.104. The third-order valence-corrected chi connectivity index (χ3v) is 5.01. The number of nitrogens with zero attached hydrogens (tertiary/aromatic N) is 1. The second kappa shape index (κ2) is 7.23. The molecule has 1 aliphatic rings. The Morgan fingerprint density at radius 2 is 1.96 bits per heavy atom. The van der Waals surface area contributed by atoms with Gasteiger partial charge in [0.15, 0.2) is 0 Å². The molecule has 0 bridgehead atoms. The van der Waals surface area contributed by atoms with Crippen LogP contribution in [0.3, 0.4) is 0 Å². The number of halogens is 1. The van der Waals surface area contributed by atoms with Gasteiger partial charge in [0.2, 0.25) is 11.8 Å². The van der Waals surface area contributed by atoms with Crippen LogP contribution in [0.1, 0.15) is 12.0 Å². The molecule has 0 radical (unpaired) electrons. The highest BCUT2D eigenvalue weighted by Gasteiger charge is 2.35. The minimum Gasteiger partial charge on any atom is -0.361 e. The monoisotopic (exact) mass is 365 g/mol. The van der Waals surface area contributed by atoms with E-state index in [4.69, 9.17) is 0 Å². The fourth-order valence-corrected chi connectivity index (χ4v) is 3.59. The van der Waals surface area contributed by atoms with Gasteiger partial charge in [-0.3, -0.25) is 9.59 Å².